The highest BCUT2D eigenvalue weighted by Gasteiger charge is 2.21. The van der Waals surface area contributed by atoms with Crippen molar-refractivity contribution in [1.29, 1.82) is 0 Å². The van der Waals surface area contributed by atoms with E-state index in [9.17, 15) is 0 Å². The quantitative estimate of drug-likeness (QED) is 0.827. The van der Waals surface area contributed by atoms with Crippen LogP contribution in [-0.2, 0) is 4.74 Å². The second-order valence-corrected chi connectivity index (χ2v) is 4.14. The minimum Gasteiger partial charge on any atom is -0.463 e. The Morgan fingerprint density at radius 3 is 3.12 bits per heavy atom. The van der Waals surface area contributed by atoms with Gasteiger partial charge in [-0.15, -0.1) is 0 Å². The molecule has 3 heterocycles. The van der Waals surface area contributed by atoms with E-state index in [0.29, 0.717) is 0 Å². The summed E-state index contributed by atoms with van der Waals surface area (Å²) in [6.45, 7) is 4.41. The smallest absolute Gasteiger partial charge is 0.154 e. The number of aromatic nitrogens is 2. The van der Waals surface area contributed by atoms with Crippen molar-refractivity contribution in [2.75, 3.05) is 19.7 Å². The van der Waals surface area contributed by atoms with Crippen LogP contribution in [0.2, 0.25) is 0 Å². The number of aromatic amines is 1. The molecule has 5 nitrogen and oxygen atoms in total. The van der Waals surface area contributed by atoms with Gasteiger partial charge in [-0.25, -0.2) is 4.98 Å². The maximum atomic E-state index is 5.66. The molecular weight excluding hydrogens is 218 g/mol. The molecule has 90 valence electrons. The van der Waals surface area contributed by atoms with Crippen LogP contribution in [0.5, 0.6) is 0 Å². The number of aryl methyl sites for hydroxylation is 1. The van der Waals surface area contributed by atoms with E-state index in [1.807, 2.05) is 19.1 Å². The third-order valence-electron chi connectivity index (χ3n) is 2.89. The summed E-state index contributed by atoms with van der Waals surface area (Å²) in [7, 11) is 0. The van der Waals surface area contributed by atoms with Gasteiger partial charge in [0.05, 0.1) is 12.9 Å². The van der Waals surface area contributed by atoms with Crippen LogP contribution < -0.4 is 5.32 Å². The summed E-state index contributed by atoms with van der Waals surface area (Å²) in [5.74, 6) is 1.65. The van der Waals surface area contributed by atoms with E-state index in [-0.39, 0.29) is 6.10 Å². The fraction of sp³-hybridized carbons (Fsp3) is 0.417. The van der Waals surface area contributed by atoms with Crippen molar-refractivity contribution in [1.82, 2.24) is 15.3 Å². The molecule has 17 heavy (non-hydrogen) atoms. The Kier molecular flexibility index (Phi) is 2.70. The molecule has 1 fully saturated rings. The maximum Gasteiger partial charge on any atom is 0.154 e. The van der Waals surface area contributed by atoms with E-state index >= 15 is 0 Å². The summed E-state index contributed by atoms with van der Waals surface area (Å²) in [4.78, 5) is 7.83. The van der Waals surface area contributed by atoms with Crippen LogP contribution in [0.3, 0.4) is 0 Å². The lowest BCUT2D eigenvalue weighted by molar-refractivity contribution is 0.0226. The van der Waals surface area contributed by atoms with E-state index in [1.54, 1.807) is 6.26 Å². The van der Waals surface area contributed by atoms with Gasteiger partial charge in [0.15, 0.2) is 5.76 Å². The molecule has 0 radical (unpaired) electrons. The average Bonchev–Trinajstić information content (AvgIpc) is 2.99. The van der Waals surface area contributed by atoms with Crippen LogP contribution >= 0.6 is 0 Å². The Bertz CT molecular complexity index is 484. The molecule has 2 aromatic rings. The predicted octanol–water partition coefficient (Wildman–Crippen LogP) is 1.64. The van der Waals surface area contributed by atoms with Crippen molar-refractivity contribution in [3.63, 3.8) is 0 Å². The zero-order chi connectivity index (χ0) is 11.7. The molecular formula is C12H15N3O2. The lowest BCUT2D eigenvalue weighted by Crippen LogP contribution is -2.33. The number of rotatable bonds is 2. The van der Waals surface area contributed by atoms with Crippen molar-refractivity contribution in [3.05, 3.63) is 29.9 Å². The summed E-state index contributed by atoms with van der Waals surface area (Å²) in [6, 6.07) is 3.77. The van der Waals surface area contributed by atoms with Crippen LogP contribution in [0.25, 0.3) is 11.5 Å². The lowest BCUT2D eigenvalue weighted by Gasteiger charge is -2.21. The number of ether oxygens (including phenoxy) is 1. The lowest BCUT2D eigenvalue weighted by atomic mass is 10.3. The Morgan fingerprint density at radius 2 is 2.41 bits per heavy atom. The fourth-order valence-electron chi connectivity index (χ4n) is 2.03. The molecule has 5 heteroatoms. The van der Waals surface area contributed by atoms with Crippen molar-refractivity contribution in [3.8, 4) is 11.5 Å². The molecule has 2 N–H and O–H groups in total. The molecule has 0 saturated carbocycles. The van der Waals surface area contributed by atoms with E-state index < -0.39 is 0 Å². The van der Waals surface area contributed by atoms with Crippen LogP contribution in [0.15, 0.2) is 22.8 Å². The highest BCUT2D eigenvalue weighted by atomic mass is 16.5. The maximum absolute atomic E-state index is 5.66. The number of hydrogen-bond acceptors (Lipinski definition) is 4. The van der Waals surface area contributed by atoms with Gasteiger partial charge in [-0.3, -0.25) is 0 Å². The Balaban J connectivity index is 1.90. The van der Waals surface area contributed by atoms with Crippen molar-refractivity contribution >= 4 is 0 Å². The number of H-pyrrole nitrogens is 1. The molecule has 0 aliphatic carbocycles. The second kappa shape index (κ2) is 4.35. The molecule has 1 saturated heterocycles. The molecule has 0 aromatic carbocycles. The Hall–Kier alpha value is -1.59. The number of nitrogens with zero attached hydrogens (tertiary/aromatic N) is 1. The normalized spacial score (nSPS) is 20.6. The van der Waals surface area contributed by atoms with Gasteiger partial charge in [0, 0.05) is 18.8 Å². The summed E-state index contributed by atoms with van der Waals surface area (Å²) >= 11 is 0. The first-order valence-corrected chi connectivity index (χ1v) is 5.77. The van der Waals surface area contributed by atoms with Gasteiger partial charge in [0.1, 0.15) is 17.6 Å². The SMILES string of the molecule is Cc1[nH]c(C2CNCCO2)nc1-c1ccco1. The summed E-state index contributed by atoms with van der Waals surface area (Å²) in [5.41, 5.74) is 1.86. The van der Waals surface area contributed by atoms with Crippen LogP contribution in [0.4, 0.5) is 0 Å². The highest BCUT2D eigenvalue weighted by Crippen LogP contribution is 2.25. The Morgan fingerprint density at radius 1 is 1.47 bits per heavy atom. The number of nitrogens with one attached hydrogen (secondary N) is 2. The highest BCUT2D eigenvalue weighted by molar-refractivity contribution is 5.55. The number of imidazole rings is 1. The Labute approximate surface area is 99.2 Å². The monoisotopic (exact) mass is 233 g/mol. The molecule has 3 rings (SSSR count). The van der Waals surface area contributed by atoms with Crippen molar-refractivity contribution in [2.24, 2.45) is 0 Å². The van der Waals surface area contributed by atoms with Gasteiger partial charge >= 0.3 is 0 Å². The van der Waals surface area contributed by atoms with E-state index in [0.717, 1.165) is 42.7 Å². The standard InChI is InChI=1S/C12H15N3O2/c1-8-11(9-3-2-5-16-9)15-12(14-8)10-7-13-4-6-17-10/h2-3,5,10,13H,4,6-7H2,1H3,(H,14,15). The van der Waals surface area contributed by atoms with Gasteiger partial charge in [0.2, 0.25) is 0 Å². The van der Waals surface area contributed by atoms with Gasteiger partial charge in [-0.1, -0.05) is 0 Å². The third kappa shape index (κ3) is 1.99. The number of morpholine rings is 1. The largest absolute Gasteiger partial charge is 0.463 e. The second-order valence-electron chi connectivity index (χ2n) is 4.14. The zero-order valence-corrected chi connectivity index (χ0v) is 9.69. The van der Waals surface area contributed by atoms with Crippen LogP contribution in [-0.4, -0.2) is 29.7 Å². The first-order chi connectivity index (χ1) is 8.34. The molecule has 0 amide bonds. The molecule has 1 aliphatic heterocycles. The molecule has 0 bridgehead atoms. The topological polar surface area (TPSA) is 63.1 Å². The minimum absolute atomic E-state index is 0.00571. The molecule has 1 aliphatic rings. The van der Waals surface area contributed by atoms with E-state index in [1.165, 1.54) is 0 Å². The predicted molar refractivity (Wildman–Crippen MR) is 62.6 cm³/mol. The minimum atomic E-state index is 0.00571. The molecule has 1 unspecified atom stereocenters. The average molecular weight is 233 g/mol. The fourth-order valence-corrected chi connectivity index (χ4v) is 2.03. The van der Waals surface area contributed by atoms with Crippen LogP contribution in [0.1, 0.15) is 17.6 Å². The summed E-state index contributed by atoms with van der Waals surface area (Å²) < 4.78 is 11.0. The first kappa shape index (κ1) is 10.6. The van der Waals surface area contributed by atoms with E-state index in [2.05, 4.69) is 15.3 Å². The van der Waals surface area contributed by atoms with Crippen LogP contribution in [0, 0.1) is 6.92 Å². The third-order valence-corrected chi connectivity index (χ3v) is 2.89. The zero-order valence-electron chi connectivity index (χ0n) is 9.69. The first-order valence-electron chi connectivity index (χ1n) is 5.77. The molecule has 2 aromatic heterocycles. The van der Waals surface area contributed by atoms with Gasteiger partial charge in [0.25, 0.3) is 0 Å². The summed E-state index contributed by atoms with van der Waals surface area (Å²) in [5, 5.41) is 3.29. The van der Waals surface area contributed by atoms with Gasteiger partial charge < -0.3 is 19.5 Å². The number of furan rings is 1. The van der Waals surface area contributed by atoms with Crippen molar-refractivity contribution < 1.29 is 9.15 Å². The number of hydrogen-bond donors (Lipinski definition) is 2. The van der Waals surface area contributed by atoms with Crippen molar-refractivity contribution in [2.45, 2.75) is 13.0 Å². The summed E-state index contributed by atoms with van der Waals surface area (Å²) in [6.07, 6.45) is 1.66. The van der Waals surface area contributed by atoms with Gasteiger partial charge in [-0.2, -0.15) is 0 Å². The van der Waals surface area contributed by atoms with E-state index in [4.69, 9.17) is 9.15 Å². The molecule has 0 spiro atoms. The van der Waals surface area contributed by atoms with Gasteiger partial charge in [-0.05, 0) is 19.1 Å². The molecule has 1 atom stereocenters.